The van der Waals surface area contributed by atoms with Crippen LogP contribution in [-0.4, -0.2) is 11.2 Å². The van der Waals surface area contributed by atoms with Gasteiger partial charge in [-0.3, -0.25) is 0 Å². The van der Waals surface area contributed by atoms with Crippen LogP contribution >= 0.6 is 23.2 Å². The van der Waals surface area contributed by atoms with E-state index < -0.39 is 11.9 Å². The van der Waals surface area contributed by atoms with Gasteiger partial charge in [0.1, 0.15) is 5.82 Å². The molecule has 0 fully saturated rings. The van der Waals surface area contributed by atoms with Gasteiger partial charge in [0.25, 0.3) is 0 Å². The second-order valence-electron chi connectivity index (χ2n) is 4.40. The van der Waals surface area contributed by atoms with Crippen LogP contribution in [0.1, 0.15) is 11.1 Å². The van der Waals surface area contributed by atoms with E-state index in [1.165, 1.54) is 6.07 Å². The first kappa shape index (κ1) is 14.3. The summed E-state index contributed by atoms with van der Waals surface area (Å²) in [4.78, 5) is 0. The zero-order valence-corrected chi connectivity index (χ0v) is 11.6. The van der Waals surface area contributed by atoms with Crippen molar-refractivity contribution in [3.05, 3.63) is 69.5 Å². The predicted octanol–water partition coefficient (Wildman–Crippen LogP) is 4.28. The third-order valence-corrected chi connectivity index (χ3v) is 3.51. The Morgan fingerprint density at radius 1 is 1.05 bits per heavy atom. The molecule has 4 heteroatoms. The summed E-state index contributed by atoms with van der Waals surface area (Å²) in [7, 11) is 0. The molecule has 0 saturated heterocycles. The molecule has 0 aromatic heterocycles. The van der Waals surface area contributed by atoms with Crippen LogP contribution in [0, 0.1) is 5.82 Å². The van der Waals surface area contributed by atoms with Crippen molar-refractivity contribution in [1.29, 1.82) is 0 Å². The summed E-state index contributed by atoms with van der Waals surface area (Å²) in [5, 5.41) is 10.7. The average molecular weight is 299 g/mol. The Balaban J connectivity index is 2.05. The molecule has 2 aromatic carbocycles. The zero-order valence-electron chi connectivity index (χ0n) is 10.1. The fourth-order valence-corrected chi connectivity index (χ4v) is 2.38. The molecule has 0 bridgehead atoms. The number of halogens is 3. The van der Waals surface area contributed by atoms with E-state index in [9.17, 15) is 9.50 Å². The largest absolute Gasteiger partial charge is 0.392 e. The molecule has 2 rings (SSSR count). The van der Waals surface area contributed by atoms with Gasteiger partial charge < -0.3 is 5.11 Å². The average Bonchev–Trinajstić information content (AvgIpc) is 2.35. The van der Waals surface area contributed by atoms with Crippen LogP contribution in [0.5, 0.6) is 0 Å². The van der Waals surface area contributed by atoms with Crippen molar-refractivity contribution >= 4 is 23.2 Å². The monoisotopic (exact) mass is 298 g/mol. The first-order chi connectivity index (χ1) is 9.06. The van der Waals surface area contributed by atoms with E-state index in [0.717, 1.165) is 5.56 Å². The van der Waals surface area contributed by atoms with Gasteiger partial charge in [-0.15, -0.1) is 0 Å². The van der Waals surface area contributed by atoms with Crippen LogP contribution in [0.15, 0.2) is 42.5 Å². The lowest BCUT2D eigenvalue weighted by molar-refractivity contribution is 0.175. The summed E-state index contributed by atoms with van der Waals surface area (Å²) in [6, 6.07) is 11.9. The number of rotatable bonds is 4. The first-order valence-electron chi connectivity index (χ1n) is 5.91. The van der Waals surface area contributed by atoms with Crippen LogP contribution in [-0.2, 0) is 12.8 Å². The van der Waals surface area contributed by atoms with Crippen LogP contribution in [0.25, 0.3) is 0 Å². The van der Waals surface area contributed by atoms with Crippen molar-refractivity contribution in [2.75, 3.05) is 0 Å². The van der Waals surface area contributed by atoms with Crippen molar-refractivity contribution in [2.24, 2.45) is 0 Å². The lowest BCUT2D eigenvalue weighted by Gasteiger charge is -2.12. The number of aliphatic hydroxyl groups excluding tert-OH is 1. The summed E-state index contributed by atoms with van der Waals surface area (Å²) in [5.74, 6) is -0.464. The first-order valence-corrected chi connectivity index (χ1v) is 6.67. The lowest BCUT2D eigenvalue weighted by Crippen LogP contribution is -2.14. The van der Waals surface area contributed by atoms with Crippen LogP contribution in [0.4, 0.5) is 4.39 Å². The molecule has 0 radical (unpaired) electrons. The number of hydrogen-bond acceptors (Lipinski definition) is 1. The quantitative estimate of drug-likeness (QED) is 0.893. The summed E-state index contributed by atoms with van der Waals surface area (Å²) in [5.41, 5.74) is 1.55. The maximum Gasteiger partial charge on any atom is 0.142 e. The van der Waals surface area contributed by atoms with Crippen LogP contribution in [0.3, 0.4) is 0 Å². The van der Waals surface area contributed by atoms with E-state index in [-0.39, 0.29) is 5.02 Å². The standard InChI is InChI=1S/C15H13Cl2FO/c16-12-5-1-3-10(7-12)8-13(19)9-11-4-2-6-14(18)15(11)17/h1-7,13,19H,8-9H2. The summed E-state index contributed by atoms with van der Waals surface area (Å²) >= 11 is 11.7. The fraction of sp³-hybridized carbons (Fsp3) is 0.200. The number of aliphatic hydroxyl groups is 1. The van der Waals surface area contributed by atoms with Crippen molar-refractivity contribution in [3.8, 4) is 0 Å². The Labute approximate surface area is 121 Å². The van der Waals surface area contributed by atoms with Gasteiger partial charge in [-0.2, -0.15) is 0 Å². The van der Waals surface area contributed by atoms with Gasteiger partial charge in [-0.1, -0.05) is 47.5 Å². The molecule has 19 heavy (non-hydrogen) atoms. The predicted molar refractivity (Wildman–Crippen MR) is 76.3 cm³/mol. The minimum absolute atomic E-state index is 0.0765. The van der Waals surface area contributed by atoms with Crippen molar-refractivity contribution < 1.29 is 9.50 Å². The van der Waals surface area contributed by atoms with Crippen molar-refractivity contribution in [1.82, 2.24) is 0 Å². The Morgan fingerprint density at radius 2 is 1.79 bits per heavy atom. The summed E-state index contributed by atoms with van der Waals surface area (Å²) in [6.45, 7) is 0. The van der Waals surface area contributed by atoms with Gasteiger partial charge in [0.05, 0.1) is 11.1 Å². The summed E-state index contributed by atoms with van der Waals surface area (Å²) in [6.07, 6.45) is 0.133. The van der Waals surface area contributed by atoms with Gasteiger partial charge in [0, 0.05) is 11.4 Å². The van der Waals surface area contributed by atoms with Crippen molar-refractivity contribution in [2.45, 2.75) is 18.9 Å². The Hall–Kier alpha value is -1.09. The molecular formula is C15H13Cl2FO. The second-order valence-corrected chi connectivity index (χ2v) is 5.22. The molecule has 1 unspecified atom stereocenters. The minimum Gasteiger partial charge on any atom is -0.392 e. The van der Waals surface area contributed by atoms with E-state index in [1.54, 1.807) is 24.3 Å². The van der Waals surface area contributed by atoms with E-state index in [0.29, 0.717) is 23.4 Å². The molecule has 100 valence electrons. The molecular weight excluding hydrogens is 286 g/mol. The smallest absolute Gasteiger partial charge is 0.142 e. The van der Waals surface area contributed by atoms with E-state index in [1.807, 2.05) is 12.1 Å². The highest BCUT2D eigenvalue weighted by atomic mass is 35.5. The molecule has 1 atom stereocenters. The summed E-state index contributed by atoms with van der Waals surface area (Å²) < 4.78 is 13.3. The molecule has 1 N–H and O–H groups in total. The molecule has 2 aromatic rings. The third-order valence-electron chi connectivity index (χ3n) is 2.85. The number of hydrogen-bond donors (Lipinski definition) is 1. The minimum atomic E-state index is -0.627. The van der Waals surface area contributed by atoms with E-state index >= 15 is 0 Å². The van der Waals surface area contributed by atoms with Gasteiger partial charge in [-0.05, 0) is 35.7 Å². The van der Waals surface area contributed by atoms with E-state index in [2.05, 4.69) is 0 Å². The normalized spacial score (nSPS) is 12.4. The van der Waals surface area contributed by atoms with E-state index in [4.69, 9.17) is 23.2 Å². The highest BCUT2D eigenvalue weighted by Gasteiger charge is 2.12. The highest BCUT2D eigenvalue weighted by molar-refractivity contribution is 6.31. The van der Waals surface area contributed by atoms with Crippen LogP contribution < -0.4 is 0 Å². The Morgan fingerprint density at radius 3 is 2.53 bits per heavy atom. The molecule has 0 aliphatic rings. The molecule has 0 aliphatic heterocycles. The molecule has 0 aliphatic carbocycles. The van der Waals surface area contributed by atoms with Gasteiger partial charge >= 0.3 is 0 Å². The molecule has 0 heterocycles. The van der Waals surface area contributed by atoms with Gasteiger partial charge in [0.2, 0.25) is 0 Å². The molecule has 0 saturated carbocycles. The van der Waals surface area contributed by atoms with Gasteiger partial charge in [0.15, 0.2) is 0 Å². The fourth-order valence-electron chi connectivity index (χ4n) is 1.97. The lowest BCUT2D eigenvalue weighted by atomic mass is 10.0. The second kappa shape index (κ2) is 6.38. The third kappa shape index (κ3) is 3.93. The highest BCUT2D eigenvalue weighted by Crippen LogP contribution is 2.22. The number of benzene rings is 2. The van der Waals surface area contributed by atoms with Crippen LogP contribution in [0.2, 0.25) is 10.0 Å². The van der Waals surface area contributed by atoms with Crippen molar-refractivity contribution in [3.63, 3.8) is 0 Å². The topological polar surface area (TPSA) is 20.2 Å². The molecule has 1 nitrogen and oxygen atoms in total. The molecule has 0 amide bonds. The Bertz CT molecular complexity index is 572. The Kier molecular flexibility index (Phi) is 4.81. The maximum atomic E-state index is 13.3. The zero-order chi connectivity index (χ0) is 13.8. The molecule has 0 spiro atoms. The SMILES string of the molecule is OC(Cc1cccc(Cl)c1)Cc1cccc(F)c1Cl. The maximum absolute atomic E-state index is 13.3. The van der Waals surface area contributed by atoms with Gasteiger partial charge in [-0.25, -0.2) is 4.39 Å².